The van der Waals surface area contributed by atoms with Crippen LogP contribution < -0.4 is 5.32 Å². The zero-order valence-electron chi connectivity index (χ0n) is 14.3. The van der Waals surface area contributed by atoms with Crippen LogP contribution >= 0.6 is 0 Å². The summed E-state index contributed by atoms with van der Waals surface area (Å²) in [5.74, 6) is 0.515. The van der Waals surface area contributed by atoms with E-state index in [0.717, 1.165) is 38.4 Å². The number of carbonyl (C=O) groups excluding carboxylic acids is 1. The maximum atomic E-state index is 12.7. The molecule has 0 radical (unpaired) electrons. The van der Waals surface area contributed by atoms with E-state index in [1.165, 1.54) is 0 Å². The Morgan fingerprint density at radius 3 is 2.41 bits per heavy atom. The number of aromatic nitrogens is 2. The fourth-order valence-electron chi connectivity index (χ4n) is 2.50. The molecule has 0 spiro atoms. The average molecular weight is 305 g/mol. The van der Waals surface area contributed by atoms with Crippen LogP contribution in [0.1, 0.15) is 43.9 Å². The molecule has 6 nitrogen and oxygen atoms in total. The molecule has 1 aromatic rings. The van der Waals surface area contributed by atoms with Crippen molar-refractivity contribution in [3.05, 3.63) is 17.5 Å². The zero-order chi connectivity index (χ0) is 16.3. The Morgan fingerprint density at radius 2 is 1.86 bits per heavy atom. The second-order valence-electron chi connectivity index (χ2n) is 6.82. The molecule has 2 rings (SSSR count). The Morgan fingerprint density at radius 1 is 1.23 bits per heavy atom. The second-order valence-corrected chi connectivity index (χ2v) is 6.82. The van der Waals surface area contributed by atoms with Gasteiger partial charge in [0.2, 0.25) is 5.95 Å². The minimum atomic E-state index is -0.138. The van der Waals surface area contributed by atoms with E-state index < -0.39 is 0 Å². The molecule has 0 saturated carbocycles. The minimum absolute atomic E-state index is 0.00166. The predicted octanol–water partition coefficient (Wildman–Crippen LogP) is 1.77. The predicted molar refractivity (Wildman–Crippen MR) is 88.2 cm³/mol. The van der Waals surface area contributed by atoms with E-state index in [1.54, 1.807) is 6.07 Å². The largest absolute Gasteiger partial charge is 0.350 e. The summed E-state index contributed by atoms with van der Waals surface area (Å²) in [7, 11) is 0. The summed E-state index contributed by atoms with van der Waals surface area (Å²) in [4.78, 5) is 25.7. The highest BCUT2D eigenvalue weighted by molar-refractivity contribution is 5.92. The number of carbonyl (C=O) groups is 1. The Bertz CT molecular complexity index is 530. The molecular weight excluding hydrogens is 278 g/mol. The van der Waals surface area contributed by atoms with E-state index in [0.29, 0.717) is 11.6 Å². The van der Waals surface area contributed by atoms with Crippen LogP contribution in [0.15, 0.2) is 6.07 Å². The first-order valence-electron chi connectivity index (χ1n) is 7.94. The number of piperazine rings is 1. The number of aryl methyl sites for hydroxylation is 1. The van der Waals surface area contributed by atoms with E-state index in [9.17, 15) is 4.79 Å². The van der Waals surface area contributed by atoms with Gasteiger partial charge in [-0.05, 0) is 40.3 Å². The molecule has 1 aromatic heterocycles. The summed E-state index contributed by atoms with van der Waals surface area (Å²) < 4.78 is 0. The van der Waals surface area contributed by atoms with Gasteiger partial charge in [0, 0.05) is 37.4 Å². The van der Waals surface area contributed by atoms with Gasteiger partial charge in [0.05, 0.1) is 0 Å². The first-order valence-corrected chi connectivity index (χ1v) is 7.94. The van der Waals surface area contributed by atoms with Crippen LogP contribution in [-0.4, -0.2) is 63.9 Å². The molecule has 0 bridgehead atoms. The van der Waals surface area contributed by atoms with Gasteiger partial charge in [-0.1, -0.05) is 6.92 Å². The second kappa shape index (κ2) is 6.60. The van der Waals surface area contributed by atoms with Crippen molar-refractivity contribution in [3.63, 3.8) is 0 Å². The lowest BCUT2D eigenvalue weighted by Gasteiger charge is -2.33. The third kappa shape index (κ3) is 4.40. The highest BCUT2D eigenvalue weighted by Crippen LogP contribution is 2.14. The maximum Gasteiger partial charge on any atom is 0.272 e. The summed E-state index contributed by atoms with van der Waals surface area (Å²) in [5.41, 5.74) is 1.14. The number of hydrogen-bond acceptors (Lipinski definition) is 5. The van der Waals surface area contributed by atoms with Crippen molar-refractivity contribution in [2.75, 3.05) is 38.0 Å². The smallest absolute Gasteiger partial charge is 0.272 e. The first-order chi connectivity index (χ1) is 10.3. The summed E-state index contributed by atoms with van der Waals surface area (Å²) >= 11 is 0. The highest BCUT2D eigenvalue weighted by atomic mass is 16.2. The van der Waals surface area contributed by atoms with E-state index in [2.05, 4.69) is 27.1 Å². The number of anilines is 1. The topological polar surface area (TPSA) is 61.4 Å². The van der Waals surface area contributed by atoms with Gasteiger partial charge in [0.15, 0.2) is 0 Å². The first kappa shape index (κ1) is 16.7. The van der Waals surface area contributed by atoms with E-state index in [4.69, 9.17) is 0 Å². The number of hydrogen-bond donors (Lipinski definition) is 1. The van der Waals surface area contributed by atoms with Crippen LogP contribution in [0.4, 0.5) is 5.95 Å². The zero-order valence-corrected chi connectivity index (χ0v) is 14.3. The van der Waals surface area contributed by atoms with Gasteiger partial charge in [-0.15, -0.1) is 0 Å². The van der Waals surface area contributed by atoms with Crippen LogP contribution in [0.3, 0.4) is 0 Å². The number of rotatable bonds is 3. The monoisotopic (exact) mass is 305 g/mol. The van der Waals surface area contributed by atoms with Crippen LogP contribution in [0.2, 0.25) is 0 Å². The third-order valence-corrected chi connectivity index (χ3v) is 3.67. The van der Waals surface area contributed by atoms with Crippen LogP contribution in [0.5, 0.6) is 0 Å². The van der Waals surface area contributed by atoms with Crippen molar-refractivity contribution < 1.29 is 4.79 Å². The SMILES string of the molecule is CCN1CCN(C(=O)c2cc(C)nc(NC(C)(C)C)n2)CC1. The lowest BCUT2D eigenvalue weighted by Crippen LogP contribution is -2.48. The summed E-state index contributed by atoms with van der Waals surface area (Å²) in [6.45, 7) is 14.6. The Hall–Kier alpha value is -1.69. The molecule has 0 aliphatic carbocycles. The van der Waals surface area contributed by atoms with Gasteiger partial charge in [0.25, 0.3) is 5.91 Å². The lowest BCUT2D eigenvalue weighted by atomic mass is 10.1. The summed E-state index contributed by atoms with van der Waals surface area (Å²) in [5, 5.41) is 3.24. The Kier molecular flexibility index (Phi) is 5.01. The maximum absolute atomic E-state index is 12.7. The van der Waals surface area contributed by atoms with Gasteiger partial charge in [-0.25, -0.2) is 9.97 Å². The minimum Gasteiger partial charge on any atom is -0.350 e. The molecule has 1 N–H and O–H groups in total. The molecule has 0 atom stereocenters. The quantitative estimate of drug-likeness (QED) is 0.922. The van der Waals surface area contributed by atoms with Crippen molar-refractivity contribution in [1.29, 1.82) is 0 Å². The number of nitrogens with one attached hydrogen (secondary N) is 1. The molecule has 2 heterocycles. The van der Waals surface area contributed by atoms with Crippen molar-refractivity contribution in [2.45, 2.75) is 40.2 Å². The highest BCUT2D eigenvalue weighted by Gasteiger charge is 2.23. The molecule has 1 fully saturated rings. The fourth-order valence-corrected chi connectivity index (χ4v) is 2.50. The summed E-state index contributed by atoms with van der Waals surface area (Å²) in [6.07, 6.45) is 0. The van der Waals surface area contributed by atoms with E-state index in [-0.39, 0.29) is 11.4 Å². The van der Waals surface area contributed by atoms with Crippen molar-refractivity contribution in [2.24, 2.45) is 0 Å². The van der Waals surface area contributed by atoms with Crippen LogP contribution in [-0.2, 0) is 0 Å². The number of likely N-dealkylation sites (N-methyl/N-ethyl adjacent to an activating group) is 1. The van der Waals surface area contributed by atoms with Crippen LogP contribution in [0, 0.1) is 6.92 Å². The standard InChI is InChI=1S/C16H27N5O/c1-6-20-7-9-21(10-8-20)14(22)13-11-12(2)17-15(18-13)19-16(3,4)5/h11H,6-10H2,1-5H3,(H,17,18,19). The van der Waals surface area contributed by atoms with Gasteiger partial charge in [-0.2, -0.15) is 0 Å². The molecule has 0 aromatic carbocycles. The average Bonchev–Trinajstić information content (AvgIpc) is 2.44. The molecule has 1 amide bonds. The number of amides is 1. The Labute approximate surface area is 132 Å². The van der Waals surface area contributed by atoms with Gasteiger partial charge < -0.3 is 15.1 Å². The van der Waals surface area contributed by atoms with Crippen molar-refractivity contribution >= 4 is 11.9 Å². The molecule has 122 valence electrons. The van der Waals surface area contributed by atoms with E-state index >= 15 is 0 Å². The molecule has 0 unspecified atom stereocenters. The van der Waals surface area contributed by atoms with Gasteiger partial charge in [0.1, 0.15) is 5.69 Å². The number of nitrogens with zero attached hydrogens (tertiary/aromatic N) is 4. The molecule has 6 heteroatoms. The van der Waals surface area contributed by atoms with Gasteiger partial charge in [-0.3, -0.25) is 4.79 Å². The summed E-state index contributed by atoms with van der Waals surface area (Å²) in [6, 6.07) is 1.77. The third-order valence-electron chi connectivity index (χ3n) is 3.67. The van der Waals surface area contributed by atoms with Crippen molar-refractivity contribution in [1.82, 2.24) is 19.8 Å². The van der Waals surface area contributed by atoms with E-state index in [1.807, 2.05) is 32.6 Å². The van der Waals surface area contributed by atoms with Crippen LogP contribution in [0.25, 0.3) is 0 Å². The molecule has 1 aliphatic rings. The lowest BCUT2D eigenvalue weighted by molar-refractivity contribution is 0.0637. The molecular formula is C16H27N5O. The molecule has 1 aliphatic heterocycles. The van der Waals surface area contributed by atoms with Gasteiger partial charge >= 0.3 is 0 Å². The Balaban J connectivity index is 2.13. The molecule has 1 saturated heterocycles. The van der Waals surface area contributed by atoms with Crippen molar-refractivity contribution in [3.8, 4) is 0 Å². The molecule has 22 heavy (non-hydrogen) atoms. The fraction of sp³-hybridized carbons (Fsp3) is 0.688. The normalized spacial score (nSPS) is 16.7.